The molecule has 7 heteroatoms. The number of amides is 2. The van der Waals surface area contributed by atoms with E-state index in [4.69, 9.17) is 9.47 Å². The third kappa shape index (κ3) is 5.29. The highest BCUT2D eigenvalue weighted by molar-refractivity contribution is 7.98. The molecule has 1 aromatic heterocycles. The Morgan fingerprint density at radius 2 is 1.96 bits per heavy atom. The van der Waals surface area contributed by atoms with Crippen LogP contribution in [0.3, 0.4) is 0 Å². The molecule has 0 fully saturated rings. The molecule has 0 aliphatic heterocycles. The lowest BCUT2D eigenvalue weighted by Gasteiger charge is -2.19. The number of benzene rings is 1. The van der Waals surface area contributed by atoms with Gasteiger partial charge in [0.2, 0.25) is 5.88 Å². The van der Waals surface area contributed by atoms with Gasteiger partial charge in [-0.05, 0) is 29.5 Å². The number of urea groups is 1. The summed E-state index contributed by atoms with van der Waals surface area (Å²) in [4.78, 5) is 19.1. The van der Waals surface area contributed by atoms with Crippen LogP contribution in [0.1, 0.15) is 11.1 Å². The van der Waals surface area contributed by atoms with Crippen LogP contribution < -0.4 is 14.8 Å². The average Bonchev–Trinajstić information content (AvgIpc) is 2.66. The number of pyridine rings is 1. The van der Waals surface area contributed by atoms with Crippen molar-refractivity contribution in [2.45, 2.75) is 18.0 Å². The number of carbonyl (C=O) groups excluding carboxylic acids is 1. The van der Waals surface area contributed by atoms with Crippen molar-refractivity contribution >= 4 is 17.8 Å². The third-order valence-corrected chi connectivity index (χ3v) is 4.44. The number of nitrogens with zero attached hydrogens (tertiary/aromatic N) is 2. The molecule has 1 aromatic carbocycles. The van der Waals surface area contributed by atoms with Gasteiger partial charge in [0.1, 0.15) is 5.75 Å². The SMILES string of the molecule is COc1ccc(CNC(=O)N(C)Cc2ccc(SC)c(OC)c2)cn1. The molecule has 2 rings (SSSR count). The number of methoxy groups -OCH3 is 2. The maximum absolute atomic E-state index is 12.3. The van der Waals surface area contributed by atoms with Gasteiger partial charge in [0, 0.05) is 37.3 Å². The Morgan fingerprint density at radius 1 is 1.20 bits per heavy atom. The van der Waals surface area contributed by atoms with Crippen LogP contribution in [0.4, 0.5) is 4.79 Å². The van der Waals surface area contributed by atoms with Gasteiger partial charge in [-0.25, -0.2) is 9.78 Å². The molecule has 1 heterocycles. The molecule has 0 saturated carbocycles. The van der Waals surface area contributed by atoms with Gasteiger partial charge >= 0.3 is 6.03 Å². The zero-order valence-electron chi connectivity index (χ0n) is 14.9. The van der Waals surface area contributed by atoms with Gasteiger partial charge in [-0.3, -0.25) is 0 Å². The molecule has 0 unspecified atom stereocenters. The lowest BCUT2D eigenvalue weighted by atomic mass is 10.2. The first-order chi connectivity index (χ1) is 12.1. The summed E-state index contributed by atoms with van der Waals surface area (Å²) in [5.74, 6) is 1.37. The lowest BCUT2D eigenvalue weighted by Crippen LogP contribution is -2.36. The normalized spacial score (nSPS) is 10.2. The number of hydrogen-bond donors (Lipinski definition) is 1. The van der Waals surface area contributed by atoms with Crippen molar-refractivity contribution < 1.29 is 14.3 Å². The summed E-state index contributed by atoms with van der Waals surface area (Å²) in [7, 11) is 4.98. The summed E-state index contributed by atoms with van der Waals surface area (Å²) < 4.78 is 10.4. The Morgan fingerprint density at radius 3 is 2.56 bits per heavy atom. The molecule has 0 atom stereocenters. The number of rotatable bonds is 7. The second-order valence-electron chi connectivity index (χ2n) is 5.41. The van der Waals surface area contributed by atoms with Crippen molar-refractivity contribution in [2.75, 3.05) is 27.5 Å². The van der Waals surface area contributed by atoms with Crippen molar-refractivity contribution in [2.24, 2.45) is 0 Å². The largest absolute Gasteiger partial charge is 0.496 e. The number of carbonyl (C=O) groups is 1. The van der Waals surface area contributed by atoms with E-state index in [1.54, 1.807) is 50.2 Å². The molecule has 0 aliphatic rings. The van der Waals surface area contributed by atoms with Crippen LogP contribution >= 0.6 is 11.8 Å². The predicted octanol–water partition coefficient (Wildman–Crippen LogP) is 3.16. The van der Waals surface area contributed by atoms with Gasteiger partial charge in [0.05, 0.1) is 14.2 Å². The van der Waals surface area contributed by atoms with Crippen LogP contribution in [0.15, 0.2) is 41.4 Å². The fraction of sp³-hybridized carbons (Fsp3) is 0.333. The molecule has 0 spiro atoms. The first kappa shape index (κ1) is 18.9. The fourth-order valence-electron chi connectivity index (χ4n) is 2.27. The second-order valence-corrected chi connectivity index (χ2v) is 6.26. The quantitative estimate of drug-likeness (QED) is 0.768. The van der Waals surface area contributed by atoms with Gasteiger partial charge in [-0.15, -0.1) is 11.8 Å². The Balaban J connectivity index is 1.91. The number of aromatic nitrogens is 1. The van der Waals surface area contributed by atoms with Crippen LogP contribution in [0.5, 0.6) is 11.6 Å². The summed E-state index contributed by atoms with van der Waals surface area (Å²) >= 11 is 1.63. The van der Waals surface area contributed by atoms with Gasteiger partial charge in [-0.2, -0.15) is 0 Å². The van der Waals surface area contributed by atoms with Gasteiger partial charge in [-0.1, -0.05) is 12.1 Å². The summed E-state index contributed by atoms with van der Waals surface area (Å²) in [6.07, 6.45) is 3.69. The Kier molecular flexibility index (Phi) is 6.94. The molecular formula is C18H23N3O3S. The Hall–Kier alpha value is -2.41. The van der Waals surface area contributed by atoms with Crippen LogP contribution in [-0.4, -0.2) is 43.4 Å². The van der Waals surface area contributed by atoms with Crippen LogP contribution in [0, 0.1) is 0 Å². The highest BCUT2D eigenvalue weighted by atomic mass is 32.2. The molecule has 25 heavy (non-hydrogen) atoms. The smallest absolute Gasteiger partial charge is 0.317 e. The molecule has 0 radical (unpaired) electrons. The highest BCUT2D eigenvalue weighted by Crippen LogP contribution is 2.28. The molecule has 2 amide bonds. The minimum Gasteiger partial charge on any atom is -0.496 e. The Labute approximate surface area is 152 Å². The molecule has 6 nitrogen and oxygen atoms in total. The van der Waals surface area contributed by atoms with Gasteiger partial charge in [0.15, 0.2) is 0 Å². The fourth-order valence-corrected chi connectivity index (χ4v) is 2.82. The maximum atomic E-state index is 12.3. The first-order valence-corrected chi connectivity index (χ1v) is 8.98. The zero-order valence-corrected chi connectivity index (χ0v) is 15.7. The summed E-state index contributed by atoms with van der Waals surface area (Å²) in [6, 6.07) is 9.47. The highest BCUT2D eigenvalue weighted by Gasteiger charge is 2.11. The average molecular weight is 361 g/mol. The minimum absolute atomic E-state index is 0.149. The number of hydrogen-bond acceptors (Lipinski definition) is 5. The molecule has 2 aromatic rings. The van der Waals surface area contributed by atoms with Crippen LogP contribution in [0.25, 0.3) is 0 Å². The molecule has 0 saturated heterocycles. The summed E-state index contributed by atoms with van der Waals surface area (Å²) in [6.45, 7) is 0.909. The standard InChI is InChI=1S/C18H23N3O3S/c1-21(12-13-5-7-16(25-4)15(9-13)23-2)18(22)20-11-14-6-8-17(24-3)19-10-14/h5-10H,11-12H2,1-4H3,(H,20,22). The van der Waals surface area contributed by atoms with Crippen LogP contribution in [0.2, 0.25) is 0 Å². The lowest BCUT2D eigenvalue weighted by molar-refractivity contribution is 0.206. The van der Waals surface area contributed by atoms with Crippen molar-refractivity contribution in [3.63, 3.8) is 0 Å². The van der Waals surface area contributed by atoms with Crippen molar-refractivity contribution in [1.29, 1.82) is 0 Å². The predicted molar refractivity (Wildman–Crippen MR) is 99.3 cm³/mol. The zero-order chi connectivity index (χ0) is 18.2. The molecular weight excluding hydrogens is 338 g/mol. The summed E-state index contributed by atoms with van der Waals surface area (Å²) in [5.41, 5.74) is 1.92. The second kappa shape index (κ2) is 9.17. The van der Waals surface area contributed by atoms with Crippen molar-refractivity contribution in [3.8, 4) is 11.6 Å². The number of ether oxygens (including phenoxy) is 2. The monoisotopic (exact) mass is 361 g/mol. The number of nitrogens with one attached hydrogen (secondary N) is 1. The minimum atomic E-state index is -0.149. The summed E-state index contributed by atoms with van der Waals surface area (Å²) in [5, 5.41) is 2.88. The van der Waals surface area contributed by atoms with E-state index in [1.807, 2.05) is 30.5 Å². The van der Waals surface area contributed by atoms with E-state index in [0.29, 0.717) is 19.0 Å². The van der Waals surface area contributed by atoms with E-state index >= 15 is 0 Å². The molecule has 134 valence electrons. The van der Waals surface area contributed by atoms with E-state index in [0.717, 1.165) is 21.8 Å². The topological polar surface area (TPSA) is 63.7 Å². The maximum Gasteiger partial charge on any atom is 0.317 e. The van der Waals surface area contributed by atoms with E-state index in [2.05, 4.69) is 10.3 Å². The van der Waals surface area contributed by atoms with Gasteiger partial charge in [0.25, 0.3) is 0 Å². The van der Waals surface area contributed by atoms with E-state index in [9.17, 15) is 4.79 Å². The van der Waals surface area contributed by atoms with Crippen molar-refractivity contribution in [3.05, 3.63) is 47.7 Å². The third-order valence-electron chi connectivity index (χ3n) is 3.66. The number of thioether (sulfide) groups is 1. The van der Waals surface area contributed by atoms with E-state index < -0.39 is 0 Å². The Bertz CT molecular complexity index is 707. The molecule has 0 bridgehead atoms. The van der Waals surface area contributed by atoms with E-state index in [1.165, 1.54) is 0 Å². The van der Waals surface area contributed by atoms with Gasteiger partial charge < -0.3 is 19.7 Å². The molecule has 0 aliphatic carbocycles. The molecule has 1 N–H and O–H groups in total. The van der Waals surface area contributed by atoms with Crippen LogP contribution in [-0.2, 0) is 13.1 Å². The van der Waals surface area contributed by atoms with Crippen molar-refractivity contribution in [1.82, 2.24) is 15.2 Å². The first-order valence-electron chi connectivity index (χ1n) is 7.76. The van der Waals surface area contributed by atoms with E-state index in [-0.39, 0.29) is 6.03 Å².